The molecule has 0 atom stereocenters. The summed E-state index contributed by atoms with van der Waals surface area (Å²) in [5.74, 6) is 1.21. The number of carbonyl (C=O) groups excluding carboxylic acids is 2. The second kappa shape index (κ2) is 8.79. The van der Waals surface area contributed by atoms with Crippen molar-refractivity contribution in [1.29, 1.82) is 0 Å². The summed E-state index contributed by atoms with van der Waals surface area (Å²) < 4.78 is 5.30. The molecule has 3 rings (SSSR count). The van der Waals surface area contributed by atoms with Crippen molar-refractivity contribution in [1.82, 2.24) is 15.1 Å². The number of rotatable bonds is 7. The summed E-state index contributed by atoms with van der Waals surface area (Å²) in [6.07, 6.45) is 1.64. The van der Waals surface area contributed by atoms with Crippen LogP contribution >= 0.6 is 11.8 Å². The average Bonchev–Trinajstić information content (AvgIpc) is 3.17. The number of nitrogens with one attached hydrogen (secondary N) is 1. The molecule has 2 aromatic heterocycles. The third kappa shape index (κ3) is 5.04. The number of ketones is 1. The van der Waals surface area contributed by atoms with Gasteiger partial charge in [-0.05, 0) is 31.2 Å². The van der Waals surface area contributed by atoms with Crippen LogP contribution in [0.5, 0.6) is 0 Å². The van der Waals surface area contributed by atoms with Crippen molar-refractivity contribution < 1.29 is 14.1 Å². The summed E-state index contributed by atoms with van der Waals surface area (Å²) in [5.41, 5.74) is 1.90. The number of pyridine rings is 1. The number of thioether (sulfide) groups is 1. The zero-order valence-corrected chi connectivity index (χ0v) is 16.6. The molecular formula is C20H20N4O3S. The Morgan fingerprint density at radius 2 is 2.04 bits per heavy atom. The number of amides is 1. The summed E-state index contributed by atoms with van der Waals surface area (Å²) in [6.45, 7) is 5.48. The zero-order chi connectivity index (χ0) is 20.1. The molecule has 2 heterocycles. The average molecular weight is 396 g/mol. The van der Waals surface area contributed by atoms with Crippen LogP contribution in [-0.4, -0.2) is 32.6 Å². The van der Waals surface area contributed by atoms with E-state index in [4.69, 9.17) is 4.52 Å². The first-order valence-corrected chi connectivity index (χ1v) is 9.74. The van der Waals surface area contributed by atoms with Crippen molar-refractivity contribution in [3.63, 3.8) is 0 Å². The number of anilines is 1. The molecule has 1 aromatic carbocycles. The van der Waals surface area contributed by atoms with Crippen molar-refractivity contribution in [3.05, 3.63) is 54.0 Å². The van der Waals surface area contributed by atoms with E-state index in [-0.39, 0.29) is 23.4 Å². The molecule has 0 aliphatic rings. The Balaban J connectivity index is 1.62. The standard InChI is InChI=1S/C20H20N4O3S/c1-12(2)19-23-20(27-24-19)15-7-8-21-18(10-15)28-11-17(26)22-16-6-4-5-14(9-16)13(3)25/h4-10,12H,11H2,1-3H3,(H,22,26). The van der Waals surface area contributed by atoms with Crippen LogP contribution in [0.4, 0.5) is 5.69 Å². The monoisotopic (exact) mass is 396 g/mol. The van der Waals surface area contributed by atoms with E-state index in [1.54, 1.807) is 36.5 Å². The summed E-state index contributed by atoms with van der Waals surface area (Å²) in [4.78, 5) is 32.3. The lowest BCUT2D eigenvalue weighted by Gasteiger charge is -2.06. The smallest absolute Gasteiger partial charge is 0.258 e. The number of hydrogen-bond donors (Lipinski definition) is 1. The molecule has 28 heavy (non-hydrogen) atoms. The van der Waals surface area contributed by atoms with Gasteiger partial charge >= 0.3 is 0 Å². The Morgan fingerprint density at radius 1 is 1.21 bits per heavy atom. The molecule has 8 heteroatoms. The highest BCUT2D eigenvalue weighted by Crippen LogP contribution is 2.24. The Kier molecular flexibility index (Phi) is 6.20. The number of carbonyl (C=O) groups is 2. The molecule has 0 fully saturated rings. The van der Waals surface area contributed by atoms with E-state index in [9.17, 15) is 9.59 Å². The van der Waals surface area contributed by atoms with Gasteiger partial charge in [0, 0.05) is 28.9 Å². The van der Waals surface area contributed by atoms with Gasteiger partial charge in [-0.2, -0.15) is 4.98 Å². The molecule has 3 aromatic rings. The van der Waals surface area contributed by atoms with Crippen LogP contribution < -0.4 is 5.32 Å². The first-order chi connectivity index (χ1) is 13.4. The Bertz CT molecular complexity index is 1000. The van der Waals surface area contributed by atoms with Gasteiger partial charge in [-0.1, -0.05) is 42.9 Å². The van der Waals surface area contributed by atoms with Gasteiger partial charge in [0.25, 0.3) is 5.89 Å². The molecule has 144 valence electrons. The maximum atomic E-state index is 12.2. The Morgan fingerprint density at radius 3 is 2.75 bits per heavy atom. The molecule has 0 aliphatic heterocycles. The van der Waals surface area contributed by atoms with Crippen LogP contribution in [0, 0.1) is 0 Å². The van der Waals surface area contributed by atoms with Crippen molar-refractivity contribution in [2.45, 2.75) is 31.7 Å². The third-order valence-corrected chi connectivity index (χ3v) is 4.77. The van der Waals surface area contributed by atoms with Crippen molar-refractivity contribution in [2.24, 2.45) is 0 Å². The fourth-order valence-corrected chi connectivity index (χ4v) is 3.06. The molecule has 7 nitrogen and oxygen atoms in total. The number of benzene rings is 1. The quantitative estimate of drug-likeness (QED) is 0.472. The molecule has 0 saturated carbocycles. The van der Waals surface area contributed by atoms with Crippen LogP contribution in [0.25, 0.3) is 11.5 Å². The van der Waals surface area contributed by atoms with Gasteiger partial charge in [0.15, 0.2) is 11.6 Å². The molecule has 1 N–H and O–H groups in total. The molecule has 0 spiro atoms. The zero-order valence-electron chi connectivity index (χ0n) is 15.8. The minimum atomic E-state index is -0.183. The number of aromatic nitrogens is 3. The van der Waals surface area contributed by atoms with Gasteiger partial charge < -0.3 is 9.84 Å². The van der Waals surface area contributed by atoms with E-state index < -0.39 is 0 Å². The predicted octanol–water partition coefficient (Wildman–Crippen LogP) is 4.19. The van der Waals surface area contributed by atoms with Crippen LogP contribution in [0.15, 0.2) is 52.1 Å². The normalized spacial score (nSPS) is 10.9. The fourth-order valence-electron chi connectivity index (χ4n) is 2.36. The van der Waals surface area contributed by atoms with E-state index >= 15 is 0 Å². The second-order valence-electron chi connectivity index (χ2n) is 6.47. The molecule has 0 radical (unpaired) electrons. The largest absolute Gasteiger partial charge is 0.334 e. The van der Waals surface area contributed by atoms with Crippen molar-refractivity contribution in [3.8, 4) is 11.5 Å². The summed E-state index contributed by atoms with van der Waals surface area (Å²) in [5, 5.41) is 7.43. The Hall–Kier alpha value is -3.00. The minimum Gasteiger partial charge on any atom is -0.334 e. The highest BCUT2D eigenvalue weighted by atomic mass is 32.2. The number of hydrogen-bond acceptors (Lipinski definition) is 7. The molecule has 1 amide bonds. The van der Waals surface area contributed by atoms with Gasteiger partial charge in [0.05, 0.1) is 10.8 Å². The minimum absolute atomic E-state index is 0.0480. The van der Waals surface area contributed by atoms with E-state index in [1.807, 2.05) is 19.9 Å². The molecular weight excluding hydrogens is 376 g/mol. The molecule has 0 unspecified atom stereocenters. The van der Waals surface area contributed by atoms with Crippen LogP contribution in [-0.2, 0) is 4.79 Å². The summed E-state index contributed by atoms with van der Waals surface area (Å²) >= 11 is 1.30. The predicted molar refractivity (Wildman–Crippen MR) is 107 cm³/mol. The lowest BCUT2D eigenvalue weighted by molar-refractivity contribution is -0.113. The lowest BCUT2D eigenvalue weighted by Crippen LogP contribution is -2.14. The summed E-state index contributed by atoms with van der Waals surface area (Å²) in [7, 11) is 0. The van der Waals surface area contributed by atoms with E-state index in [1.165, 1.54) is 18.7 Å². The fraction of sp³-hybridized carbons (Fsp3) is 0.250. The molecule has 0 aliphatic carbocycles. The number of nitrogens with zero attached hydrogens (tertiary/aromatic N) is 3. The van der Waals surface area contributed by atoms with E-state index in [0.29, 0.717) is 28.0 Å². The van der Waals surface area contributed by atoms with Gasteiger partial charge in [-0.25, -0.2) is 4.98 Å². The van der Waals surface area contributed by atoms with Gasteiger partial charge in [0.1, 0.15) is 0 Å². The van der Waals surface area contributed by atoms with Crippen LogP contribution in [0.2, 0.25) is 0 Å². The van der Waals surface area contributed by atoms with E-state index in [0.717, 1.165) is 5.56 Å². The van der Waals surface area contributed by atoms with Crippen LogP contribution in [0.3, 0.4) is 0 Å². The maximum Gasteiger partial charge on any atom is 0.258 e. The topological polar surface area (TPSA) is 98.0 Å². The highest BCUT2D eigenvalue weighted by Gasteiger charge is 2.13. The van der Waals surface area contributed by atoms with Gasteiger partial charge in [-0.15, -0.1) is 0 Å². The lowest BCUT2D eigenvalue weighted by atomic mass is 10.1. The Labute approximate surface area is 167 Å². The SMILES string of the molecule is CC(=O)c1cccc(NC(=O)CSc2cc(-c3nc(C(C)C)no3)ccn2)c1. The maximum absolute atomic E-state index is 12.2. The highest BCUT2D eigenvalue weighted by molar-refractivity contribution is 7.99. The molecule has 0 saturated heterocycles. The number of Topliss-reactive ketones (excluding diaryl/α,β-unsaturated/α-hetero) is 1. The van der Waals surface area contributed by atoms with Gasteiger partial charge in [0.2, 0.25) is 5.91 Å². The van der Waals surface area contributed by atoms with Gasteiger partial charge in [-0.3, -0.25) is 9.59 Å². The molecule has 0 bridgehead atoms. The second-order valence-corrected chi connectivity index (χ2v) is 7.46. The van der Waals surface area contributed by atoms with Crippen molar-refractivity contribution >= 4 is 29.1 Å². The van der Waals surface area contributed by atoms with Crippen LogP contribution in [0.1, 0.15) is 42.9 Å². The van der Waals surface area contributed by atoms with Crippen molar-refractivity contribution in [2.75, 3.05) is 11.1 Å². The van der Waals surface area contributed by atoms with E-state index in [2.05, 4.69) is 20.4 Å². The first-order valence-electron chi connectivity index (χ1n) is 8.76. The first kappa shape index (κ1) is 19.8. The third-order valence-electron chi connectivity index (χ3n) is 3.84. The summed E-state index contributed by atoms with van der Waals surface area (Å²) in [6, 6.07) is 10.5.